The summed E-state index contributed by atoms with van der Waals surface area (Å²) in [5.74, 6) is 0.105. The molecule has 2 unspecified atom stereocenters. The number of non-ortho nitro benzene ring substituents is 1. The molecule has 35 heavy (non-hydrogen) atoms. The highest BCUT2D eigenvalue weighted by Crippen LogP contribution is 2.44. The fraction of sp³-hybridized carbons (Fsp3) is 0.269. The van der Waals surface area contributed by atoms with Crippen LogP contribution in [-0.4, -0.2) is 47.1 Å². The van der Waals surface area contributed by atoms with Gasteiger partial charge in [-0.3, -0.25) is 10.1 Å². The van der Waals surface area contributed by atoms with Gasteiger partial charge in [-0.25, -0.2) is 4.79 Å². The van der Waals surface area contributed by atoms with E-state index in [0.717, 1.165) is 28.3 Å². The van der Waals surface area contributed by atoms with Gasteiger partial charge in [-0.05, 0) is 35.2 Å². The van der Waals surface area contributed by atoms with E-state index >= 15 is 0 Å². The highest BCUT2D eigenvalue weighted by Gasteiger charge is 2.29. The van der Waals surface area contributed by atoms with Crippen LogP contribution in [-0.2, 0) is 4.74 Å². The lowest BCUT2D eigenvalue weighted by atomic mass is 9.98. The van der Waals surface area contributed by atoms with Gasteiger partial charge in [0.25, 0.3) is 5.69 Å². The third kappa shape index (κ3) is 5.11. The molecule has 0 saturated carbocycles. The smallest absolute Gasteiger partial charge is 0.407 e. The van der Waals surface area contributed by atoms with Crippen molar-refractivity contribution in [2.45, 2.75) is 25.0 Å². The zero-order chi connectivity index (χ0) is 24.9. The van der Waals surface area contributed by atoms with E-state index in [2.05, 4.69) is 5.32 Å². The topological polar surface area (TPSA) is 131 Å². The van der Waals surface area contributed by atoms with Gasteiger partial charge in [0.2, 0.25) is 0 Å². The van der Waals surface area contributed by atoms with E-state index in [1.54, 1.807) is 6.92 Å². The van der Waals surface area contributed by atoms with E-state index < -0.39 is 23.2 Å². The molecule has 182 valence electrons. The molecule has 0 aliphatic heterocycles. The number of carbonyl (C=O) groups is 1. The minimum absolute atomic E-state index is 0.0582. The van der Waals surface area contributed by atoms with Crippen LogP contribution in [0.1, 0.15) is 35.6 Å². The fourth-order valence-electron chi connectivity index (χ4n) is 4.32. The number of fused-ring (bicyclic) bond motifs is 3. The lowest BCUT2D eigenvalue weighted by Gasteiger charge is -2.21. The predicted octanol–water partition coefficient (Wildman–Crippen LogP) is 3.93. The molecule has 0 spiro atoms. The second-order valence-electron chi connectivity index (χ2n) is 8.13. The number of carbonyl (C=O) groups excluding carboxylic acids is 1. The summed E-state index contributed by atoms with van der Waals surface area (Å²) < 4.78 is 10.8. The number of nitro benzene ring substituents is 1. The van der Waals surface area contributed by atoms with Crippen molar-refractivity contribution in [3.63, 3.8) is 0 Å². The highest BCUT2D eigenvalue weighted by atomic mass is 16.6. The Morgan fingerprint density at radius 2 is 1.69 bits per heavy atom. The molecule has 1 aliphatic rings. The Bertz CT molecular complexity index is 1180. The molecule has 3 aromatic rings. The molecule has 1 amide bonds. The quantitative estimate of drug-likeness (QED) is 0.314. The van der Waals surface area contributed by atoms with Crippen LogP contribution >= 0.6 is 0 Å². The molecule has 2 atom stereocenters. The van der Waals surface area contributed by atoms with Crippen molar-refractivity contribution in [1.82, 2.24) is 5.32 Å². The van der Waals surface area contributed by atoms with Gasteiger partial charge in [0, 0.05) is 30.2 Å². The number of alkyl carbamates (subject to hydrolysis) is 1. The van der Waals surface area contributed by atoms with Crippen LogP contribution in [0.5, 0.6) is 5.75 Å². The van der Waals surface area contributed by atoms with E-state index in [9.17, 15) is 25.1 Å². The molecular weight excluding hydrogens is 452 g/mol. The van der Waals surface area contributed by atoms with Crippen molar-refractivity contribution >= 4 is 11.8 Å². The Balaban J connectivity index is 1.37. The average molecular weight is 479 g/mol. The summed E-state index contributed by atoms with van der Waals surface area (Å²) in [7, 11) is 0. The number of aliphatic hydroxyl groups excluding tert-OH is 2. The molecule has 9 heteroatoms. The molecule has 9 nitrogen and oxygen atoms in total. The SMILES string of the molecule is CCOc1ccc([N+](=O)[O-])cc1C(O)C(O)CNC(=O)OCC1c2ccccc2-c2ccccc21. The van der Waals surface area contributed by atoms with Gasteiger partial charge in [0.1, 0.15) is 24.6 Å². The summed E-state index contributed by atoms with van der Waals surface area (Å²) in [4.78, 5) is 22.9. The van der Waals surface area contributed by atoms with Gasteiger partial charge in [-0.15, -0.1) is 0 Å². The first-order valence-electron chi connectivity index (χ1n) is 11.3. The summed E-state index contributed by atoms with van der Waals surface area (Å²) in [5, 5.41) is 34.6. The number of nitrogens with one attached hydrogen (secondary N) is 1. The summed E-state index contributed by atoms with van der Waals surface area (Å²) in [6, 6.07) is 19.7. The molecule has 0 radical (unpaired) electrons. The van der Waals surface area contributed by atoms with Crippen molar-refractivity contribution in [2.75, 3.05) is 19.8 Å². The van der Waals surface area contributed by atoms with Crippen LogP contribution in [0.2, 0.25) is 0 Å². The Kier molecular flexibility index (Phi) is 7.28. The number of rotatable bonds is 9. The second kappa shape index (κ2) is 10.5. The maximum Gasteiger partial charge on any atom is 0.407 e. The molecular formula is C26H26N2O7. The molecule has 4 rings (SSSR count). The van der Waals surface area contributed by atoms with Crippen molar-refractivity contribution in [2.24, 2.45) is 0 Å². The van der Waals surface area contributed by atoms with Crippen LogP contribution in [0.4, 0.5) is 10.5 Å². The minimum atomic E-state index is -1.52. The van der Waals surface area contributed by atoms with E-state index in [1.165, 1.54) is 12.1 Å². The number of amides is 1. The standard InChI is InChI=1S/C26H26N2O7/c1-2-34-24-12-11-16(28(32)33)13-21(24)25(30)23(29)14-27-26(31)35-15-22-19-9-5-3-7-17(19)18-8-4-6-10-20(18)22/h3-13,22-23,25,29-30H,2,14-15H2,1H3,(H,27,31). The Morgan fingerprint density at radius 1 is 1.06 bits per heavy atom. The van der Waals surface area contributed by atoms with Crippen LogP contribution in [0.3, 0.4) is 0 Å². The van der Waals surface area contributed by atoms with E-state index in [0.29, 0.717) is 0 Å². The maximum atomic E-state index is 12.4. The number of hydrogen-bond donors (Lipinski definition) is 3. The monoisotopic (exact) mass is 478 g/mol. The molecule has 0 bridgehead atoms. The van der Waals surface area contributed by atoms with E-state index in [1.807, 2.05) is 48.5 Å². The number of benzene rings is 3. The van der Waals surface area contributed by atoms with Crippen molar-refractivity contribution in [3.8, 4) is 16.9 Å². The van der Waals surface area contributed by atoms with Crippen molar-refractivity contribution < 1.29 is 29.4 Å². The van der Waals surface area contributed by atoms with Gasteiger partial charge >= 0.3 is 6.09 Å². The van der Waals surface area contributed by atoms with E-state index in [4.69, 9.17) is 9.47 Å². The van der Waals surface area contributed by atoms with Crippen molar-refractivity contribution in [3.05, 3.63) is 93.5 Å². The third-order valence-electron chi connectivity index (χ3n) is 5.99. The molecule has 0 heterocycles. The first-order valence-corrected chi connectivity index (χ1v) is 11.3. The zero-order valence-electron chi connectivity index (χ0n) is 19.1. The Labute approximate surface area is 202 Å². The molecule has 3 aromatic carbocycles. The summed E-state index contributed by atoms with van der Waals surface area (Å²) in [5.41, 5.74) is 4.18. The average Bonchev–Trinajstić information content (AvgIpc) is 3.19. The normalized spacial score (nSPS) is 13.9. The Morgan fingerprint density at radius 3 is 2.29 bits per heavy atom. The van der Waals surface area contributed by atoms with Gasteiger partial charge < -0.3 is 25.0 Å². The number of nitrogens with zero attached hydrogens (tertiary/aromatic N) is 1. The number of nitro groups is 1. The first-order chi connectivity index (χ1) is 16.9. The maximum absolute atomic E-state index is 12.4. The molecule has 0 aromatic heterocycles. The molecule has 1 aliphatic carbocycles. The van der Waals surface area contributed by atoms with Crippen LogP contribution in [0.15, 0.2) is 66.7 Å². The van der Waals surface area contributed by atoms with Crippen LogP contribution in [0.25, 0.3) is 11.1 Å². The first kappa shape index (κ1) is 24.2. The molecule has 0 saturated heterocycles. The summed E-state index contributed by atoms with van der Waals surface area (Å²) in [6.07, 6.45) is -3.72. The van der Waals surface area contributed by atoms with Gasteiger partial charge in [0.15, 0.2) is 0 Å². The summed E-state index contributed by atoms with van der Waals surface area (Å²) >= 11 is 0. The molecule has 3 N–H and O–H groups in total. The lowest BCUT2D eigenvalue weighted by molar-refractivity contribution is -0.385. The Hall–Kier alpha value is -3.95. The fourth-order valence-corrected chi connectivity index (χ4v) is 4.32. The summed E-state index contributed by atoms with van der Waals surface area (Å²) in [6.45, 7) is 1.78. The molecule has 0 fully saturated rings. The van der Waals surface area contributed by atoms with Gasteiger partial charge in [-0.2, -0.15) is 0 Å². The van der Waals surface area contributed by atoms with Crippen molar-refractivity contribution in [1.29, 1.82) is 0 Å². The van der Waals surface area contributed by atoms with Crippen LogP contribution in [0, 0.1) is 10.1 Å². The minimum Gasteiger partial charge on any atom is -0.493 e. The van der Waals surface area contributed by atoms with Gasteiger partial charge in [-0.1, -0.05) is 48.5 Å². The number of ether oxygens (including phenoxy) is 2. The third-order valence-corrected chi connectivity index (χ3v) is 5.99. The zero-order valence-corrected chi connectivity index (χ0v) is 19.1. The largest absolute Gasteiger partial charge is 0.493 e. The van der Waals surface area contributed by atoms with Crippen LogP contribution < -0.4 is 10.1 Å². The number of aliphatic hydroxyl groups is 2. The van der Waals surface area contributed by atoms with E-state index in [-0.39, 0.29) is 42.7 Å². The second-order valence-corrected chi connectivity index (χ2v) is 8.13. The number of hydrogen-bond acceptors (Lipinski definition) is 7. The predicted molar refractivity (Wildman–Crippen MR) is 128 cm³/mol. The highest BCUT2D eigenvalue weighted by molar-refractivity contribution is 5.79. The van der Waals surface area contributed by atoms with Gasteiger partial charge in [0.05, 0.1) is 11.5 Å². The lowest BCUT2D eigenvalue weighted by Crippen LogP contribution is -2.36.